The lowest BCUT2D eigenvalue weighted by Gasteiger charge is -2.14. The van der Waals surface area contributed by atoms with Crippen molar-refractivity contribution in [3.63, 3.8) is 0 Å². The fraction of sp³-hybridized carbons (Fsp3) is 0. The van der Waals surface area contributed by atoms with Crippen molar-refractivity contribution in [3.8, 4) is 11.8 Å². The van der Waals surface area contributed by atoms with Gasteiger partial charge in [0.05, 0.1) is 28.4 Å². The average Bonchev–Trinajstić information content (AvgIpc) is 3.20. The highest BCUT2D eigenvalue weighted by atomic mass is 15.0. The van der Waals surface area contributed by atoms with Gasteiger partial charge in [0, 0.05) is 21.5 Å². The van der Waals surface area contributed by atoms with E-state index in [1.165, 1.54) is 38.0 Å². The van der Waals surface area contributed by atoms with Gasteiger partial charge in [-0.3, -0.25) is 0 Å². The van der Waals surface area contributed by atoms with Crippen LogP contribution in [0.4, 0.5) is 0 Å². The van der Waals surface area contributed by atoms with E-state index in [-0.39, 0.29) is 0 Å². The molecule has 0 atom stereocenters. The molecule has 0 aliphatic heterocycles. The second-order valence-corrected chi connectivity index (χ2v) is 8.56. The van der Waals surface area contributed by atoms with Crippen LogP contribution in [0.15, 0.2) is 109 Å². The Morgan fingerprint density at radius 2 is 1.03 bits per heavy atom. The average molecular weight is 418 g/mol. The van der Waals surface area contributed by atoms with Crippen molar-refractivity contribution in [3.05, 3.63) is 115 Å². The lowest BCUT2D eigenvalue weighted by atomic mass is 9.96. The topological polar surface area (TPSA) is 28.7 Å². The van der Waals surface area contributed by atoms with Crippen LogP contribution in [0.1, 0.15) is 5.56 Å². The molecule has 6 aromatic carbocycles. The summed E-state index contributed by atoms with van der Waals surface area (Å²) >= 11 is 0. The molecular formula is C31H18N2. The zero-order valence-corrected chi connectivity index (χ0v) is 17.8. The molecule has 0 amide bonds. The van der Waals surface area contributed by atoms with Gasteiger partial charge in [0.2, 0.25) is 0 Å². The summed E-state index contributed by atoms with van der Waals surface area (Å²) in [6, 6.07) is 40.8. The maximum absolute atomic E-state index is 9.89. The van der Waals surface area contributed by atoms with Crippen LogP contribution in [-0.4, -0.2) is 4.57 Å². The van der Waals surface area contributed by atoms with Crippen LogP contribution in [-0.2, 0) is 0 Å². The zero-order chi connectivity index (χ0) is 21.9. The SMILES string of the molecule is N#Cc1ccc(-n2c3ccccc3c3ccccc32)c2cc3cc4ccccc4cc3cc12. The molecule has 33 heavy (non-hydrogen) atoms. The van der Waals surface area contributed by atoms with Gasteiger partial charge in [-0.25, -0.2) is 0 Å². The zero-order valence-electron chi connectivity index (χ0n) is 17.8. The largest absolute Gasteiger partial charge is 0.309 e. The van der Waals surface area contributed by atoms with E-state index < -0.39 is 0 Å². The first-order valence-corrected chi connectivity index (χ1v) is 11.1. The highest BCUT2D eigenvalue weighted by Gasteiger charge is 2.15. The van der Waals surface area contributed by atoms with Gasteiger partial charge in [0.1, 0.15) is 0 Å². The maximum atomic E-state index is 9.89. The lowest BCUT2D eigenvalue weighted by Crippen LogP contribution is -1.96. The highest BCUT2D eigenvalue weighted by molar-refractivity contribution is 6.13. The Balaban J connectivity index is 1.66. The smallest absolute Gasteiger partial charge is 0.0998 e. The van der Waals surface area contributed by atoms with Crippen LogP contribution in [0.2, 0.25) is 0 Å². The molecular weight excluding hydrogens is 400 g/mol. The van der Waals surface area contributed by atoms with Gasteiger partial charge in [0.15, 0.2) is 0 Å². The number of benzene rings is 6. The van der Waals surface area contributed by atoms with Gasteiger partial charge >= 0.3 is 0 Å². The van der Waals surface area contributed by atoms with Crippen molar-refractivity contribution in [1.29, 1.82) is 5.26 Å². The van der Waals surface area contributed by atoms with Crippen molar-refractivity contribution >= 4 is 54.1 Å². The molecule has 0 unspecified atom stereocenters. The Kier molecular flexibility index (Phi) is 3.65. The van der Waals surface area contributed by atoms with Crippen molar-refractivity contribution in [2.24, 2.45) is 0 Å². The van der Waals surface area contributed by atoms with Crippen LogP contribution in [0.25, 0.3) is 59.8 Å². The number of nitriles is 1. The highest BCUT2D eigenvalue weighted by Crippen LogP contribution is 2.37. The van der Waals surface area contributed by atoms with E-state index in [0.717, 1.165) is 21.8 Å². The summed E-state index contributed by atoms with van der Waals surface area (Å²) in [4.78, 5) is 0. The molecule has 2 nitrogen and oxygen atoms in total. The first kappa shape index (κ1) is 18.0. The molecule has 0 fully saturated rings. The molecule has 0 N–H and O–H groups in total. The fourth-order valence-corrected chi connectivity index (χ4v) is 5.24. The Hall–Kier alpha value is -4.61. The van der Waals surface area contributed by atoms with Gasteiger partial charge < -0.3 is 4.57 Å². The molecule has 0 aliphatic rings. The Labute approximate surface area is 190 Å². The minimum atomic E-state index is 0.699. The molecule has 1 aromatic heterocycles. The molecule has 0 radical (unpaired) electrons. The number of hydrogen-bond acceptors (Lipinski definition) is 1. The van der Waals surface area contributed by atoms with Crippen molar-refractivity contribution < 1.29 is 0 Å². The first-order chi connectivity index (χ1) is 16.3. The lowest BCUT2D eigenvalue weighted by molar-refractivity contribution is 1.20. The maximum Gasteiger partial charge on any atom is 0.0998 e. The van der Waals surface area contributed by atoms with E-state index in [4.69, 9.17) is 0 Å². The van der Waals surface area contributed by atoms with Crippen LogP contribution in [0.5, 0.6) is 0 Å². The van der Waals surface area contributed by atoms with Gasteiger partial charge in [-0.1, -0.05) is 60.7 Å². The molecule has 7 aromatic rings. The summed E-state index contributed by atoms with van der Waals surface area (Å²) in [6.07, 6.45) is 0. The third-order valence-corrected chi connectivity index (χ3v) is 6.76. The second kappa shape index (κ2) is 6.69. The molecule has 0 saturated heterocycles. The van der Waals surface area contributed by atoms with E-state index in [0.29, 0.717) is 5.56 Å². The van der Waals surface area contributed by atoms with Crippen LogP contribution >= 0.6 is 0 Å². The van der Waals surface area contributed by atoms with Crippen LogP contribution < -0.4 is 0 Å². The summed E-state index contributed by atoms with van der Waals surface area (Å²) in [7, 11) is 0. The number of nitrogens with zero attached hydrogens (tertiary/aromatic N) is 2. The molecule has 0 aliphatic carbocycles. The Bertz CT molecular complexity index is 1880. The number of hydrogen-bond donors (Lipinski definition) is 0. The van der Waals surface area contributed by atoms with E-state index in [1.807, 2.05) is 6.07 Å². The van der Waals surface area contributed by atoms with Crippen LogP contribution in [0, 0.1) is 11.3 Å². The monoisotopic (exact) mass is 418 g/mol. The molecule has 1 heterocycles. The van der Waals surface area contributed by atoms with Gasteiger partial charge in [0.25, 0.3) is 0 Å². The number of rotatable bonds is 1. The molecule has 2 heteroatoms. The van der Waals surface area contributed by atoms with E-state index >= 15 is 0 Å². The molecule has 0 saturated carbocycles. The normalized spacial score (nSPS) is 11.6. The third kappa shape index (κ3) is 2.54. The molecule has 0 bridgehead atoms. The van der Waals surface area contributed by atoms with Gasteiger partial charge in [-0.15, -0.1) is 0 Å². The Morgan fingerprint density at radius 1 is 0.485 bits per heavy atom. The summed E-state index contributed by atoms with van der Waals surface area (Å²) in [5.41, 5.74) is 4.13. The quantitative estimate of drug-likeness (QED) is 0.247. The molecule has 0 spiro atoms. The van der Waals surface area contributed by atoms with Crippen LogP contribution in [0.3, 0.4) is 0 Å². The second-order valence-electron chi connectivity index (χ2n) is 8.56. The summed E-state index contributed by atoms with van der Waals surface area (Å²) < 4.78 is 2.33. The Morgan fingerprint density at radius 3 is 1.64 bits per heavy atom. The van der Waals surface area contributed by atoms with Gasteiger partial charge in [-0.05, 0) is 70.1 Å². The van der Waals surface area contributed by atoms with E-state index in [9.17, 15) is 5.26 Å². The number of fused-ring (bicyclic) bond motifs is 6. The predicted molar refractivity (Wildman–Crippen MR) is 138 cm³/mol. The summed E-state index contributed by atoms with van der Waals surface area (Å²) in [5, 5.41) is 19.2. The summed E-state index contributed by atoms with van der Waals surface area (Å²) in [6.45, 7) is 0. The summed E-state index contributed by atoms with van der Waals surface area (Å²) in [5.74, 6) is 0. The predicted octanol–water partition coefficient (Wildman–Crippen LogP) is 8.11. The van der Waals surface area contributed by atoms with Gasteiger partial charge in [-0.2, -0.15) is 5.26 Å². The minimum absolute atomic E-state index is 0.699. The van der Waals surface area contributed by atoms with E-state index in [1.54, 1.807) is 0 Å². The molecule has 152 valence electrons. The minimum Gasteiger partial charge on any atom is -0.309 e. The van der Waals surface area contributed by atoms with Crippen molar-refractivity contribution in [1.82, 2.24) is 4.57 Å². The fourth-order valence-electron chi connectivity index (χ4n) is 5.24. The standard InChI is InChI=1S/C31H18N2/c32-19-22-13-14-31(33-29-11-5-3-9-25(29)26-10-4-6-12-30(26)33)28-18-24-16-21-8-2-1-7-20(21)15-23(24)17-27(22)28/h1-18H. The number of aromatic nitrogens is 1. The van der Waals surface area contributed by atoms with Crippen molar-refractivity contribution in [2.45, 2.75) is 0 Å². The first-order valence-electron chi connectivity index (χ1n) is 11.1. The molecule has 7 rings (SSSR count). The number of para-hydroxylation sites is 2. The van der Waals surface area contributed by atoms with E-state index in [2.05, 4.69) is 114 Å². The third-order valence-electron chi connectivity index (χ3n) is 6.76. The van der Waals surface area contributed by atoms with Crippen molar-refractivity contribution in [2.75, 3.05) is 0 Å².